The summed E-state index contributed by atoms with van der Waals surface area (Å²) in [5, 5.41) is 5.95. The van der Waals surface area contributed by atoms with E-state index in [0.29, 0.717) is 0 Å². The number of aromatic nitrogens is 2. The fourth-order valence-corrected chi connectivity index (χ4v) is 2.56. The summed E-state index contributed by atoms with van der Waals surface area (Å²) in [6.07, 6.45) is 4.07. The van der Waals surface area contributed by atoms with Crippen molar-refractivity contribution in [1.82, 2.24) is 9.38 Å². The molecule has 0 aliphatic heterocycles. The smallest absolute Gasteiger partial charge is 0.137 e. The molecular weight excluding hydrogens is 258 g/mol. The fraction of sp³-hybridized carbons (Fsp3) is 0.0556. The molecule has 1 N–H and O–H groups in total. The molecule has 102 valence electrons. The fourth-order valence-electron chi connectivity index (χ4n) is 2.56. The van der Waals surface area contributed by atoms with Gasteiger partial charge in [-0.1, -0.05) is 36.4 Å². The van der Waals surface area contributed by atoms with Crippen molar-refractivity contribution in [2.75, 3.05) is 5.32 Å². The Balaban J connectivity index is 1.57. The molecule has 2 aromatic carbocycles. The maximum atomic E-state index is 4.59. The summed E-state index contributed by atoms with van der Waals surface area (Å²) < 4.78 is 2.04. The van der Waals surface area contributed by atoms with Gasteiger partial charge in [0.15, 0.2) is 0 Å². The average Bonchev–Trinajstić information content (AvgIpc) is 2.95. The van der Waals surface area contributed by atoms with Gasteiger partial charge in [-0.25, -0.2) is 4.98 Å². The first kappa shape index (κ1) is 12.0. The molecule has 0 atom stereocenters. The summed E-state index contributed by atoms with van der Waals surface area (Å²) in [6, 6.07) is 20.8. The Hall–Kier alpha value is -2.81. The zero-order valence-electron chi connectivity index (χ0n) is 11.5. The first-order chi connectivity index (χ1) is 10.4. The third kappa shape index (κ3) is 2.34. The highest BCUT2D eigenvalue weighted by atomic mass is 15.0. The van der Waals surface area contributed by atoms with E-state index in [2.05, 4.69) is 59.0 Å². The first-order valence-electron chi connectivity index (χ1n) is 7.04. The van der Waals surface area contributed by atoms with Crippen LogP contribution in [-0.4, -0.2) is 9.38 Å². The van der Waals surface area contributed by atoms with Crippen molar-refractivity contribution in [3.05, 3.63) is 78.8 Å². The summed E-state index contributed by atoms with van der Waals surface area (Å²) in [7, 11) is 0. The lowest BCUT2D eigenvalue weighted by atomic mass is 10.1. The Morgan fingerprint density at radius 3 is 2.67 bits per heavy atom. The number of rotatable bonds is 3. The van der Waals surface area contributed by atoms with Crippen LogP contribution in [0.1, 0.15) is 5.69 Å². The van der Waals surface area contributed by atoms with Gasteiger partial charge < -0.3 is 9.72 Å². The lowest BCUT2D eigenvalue weighted by molar-refractivity contribution is 1.08. The van der Waals surface area contributed by atoms with Crippen LogP contribution >= 0.6 is 0 Å². The van der Waals surface area contributed by atoms with Gasteiger partial charge in [-0.2, -0.15) is 0 Å². The molecule has 0 fully saturated rings. The second kappa shape index (κ2) is 4.94. The van der Waals surface area contributed by atoms with Gasteiger partial charge in [-0.05, 0) is 35.0 Å². The van der Waals surface area contributed by atoms with Gasteiger partial charge in [0.25, 0.3) is 0 Å². The molecule has 3 heteroatoms. The second-order valence-electron chi connectivity index (χ2n) is 5.11. The highest BCUT2D eigenvalue weighted by molar-refractivity contribution is 5.85. The van der Waals surface area contributed by atoms with Gasteiger partial charge in [0.2, 0.25) is 0 Å². The third-order valence-corrected chi connectivity index (χ3v) is 3.64. The summed E-state index contributed by atoms with van der Waals surface area (Å²) >= 11 is 0. The van der Waals surface area contributed by atoms with E-state index in [1.165, 1.54) is 10.8 Å². The number of pyridine rings is 1. The SMILES string of the molecule is c1ccc2cc(NCc3cn4ccccc4n3)ccc2c1. The molecule has 0 saturated carbocycles. The van der Waals surface area contributed by atoms with Gasteiger partial charge in [0.05, 0.1) is 12.2 Å². The second-order valence-corrected chi connectivity index (χ2v) is 5.11. The third-order valence-electron chi connectivity index (χ3n) is 3.64. The Labute approximate surface area is 122 Å². The lowest BCUT2D eigenvalue weighted by Gasteiger charge is -2.05. The minimum atomic E-state index is 0.722. The summed E-state index contributed by atoms with van der Waals surface area (Å²) in [5.74, 6) is 0. The highest BCUT2D eigenvalue weighted by Gasteiger charge is 2.01. The normalized spacial score (nSPS) is 11.0. The Morgan fingerprint density at radius 2 is 1.76 bits per heavy atom. The molecule has 4 rings (SSSR count). The largest absolute Gasteiger partial charge is 0.379 e. The van der Waals surface area contributed by atoms with Crippen molar-refractivity contribution in [3.8, 4) is 0 Å². The highest BCUT2D eigenvalue weighted by Crippen LogP contribution is 2.19. The number of anilines is 1. The number of fused-ring (bicyclic) bond motifs is 2. The van der Waals surface area contributed by atoms with Crippen LogP contribution in [0.4, 0.5) is 5.69 Å². The number of benzene rings is 2. The van der Waals surface area contributed by atoms with E-state index in [1.54, 1.807) is 0 Å². The standard InChI is InChI=1S/C18H15N3/c1-2-6-15-11-16(9-8-14(15)5-1)19-12-17-13-21-10-4-3-7-18(21)20-17/h1-11,13,19H,12H2. The van der Waals surface area contributed by atoms with E-state index in [1.807, 2.05) is 28.8 Å². The molecule has 0 spiro atoms. The molecule has 0 radical (unpaired) electrons. The molecular formula is C18H15N3. The summed E-state index contributed by atoms with van der Waals surface area (Å²) in [4.78, 5) is 4.59. The minimum absolute atomic E-state index is 0.722. The van der Waals surface area contributed by atoms with E-state index < -0.39 is 0 Å². The molecule has 0 saturated heterocycles. The van der Waals surface area contributed by atoms with Gasteiger partial charge in [-0.3, -0.25) is 0 Å². The van der Waals surface area contributed by atoms with Crippen LogP contribution in [0.15, 0.2) is 73.1 Å². The van der Waals surface area contributed by atoms with Crippen LogP contribution in [-0.2, 0) is 6.54 Å². The van der Waals surface area contributed by atoms with Gasteiger partial charge >= 0.3 is 0 Å². The lowest BCUT2D eigenvalue weighted by Crippen LogP contribution is -1.99. The molecule has 4 aromatic rings. The first-order valence-corrected chi connectivity index (χ1v) is 7.04. The number of imidazole rings is 1. The predicted molar refractivity (Wildman–Crippen MR) is 86.5 cm³/mol. The predicted octanol–water partition coefficient (Wildman–Crippen LogP) is 4.10. The number of hydrogen-bond donors (Lipinski definition) is 1. The average molecular weight is 273 g/mol. The van der Waals surface area contributed by atoms with E-state index in [4.69, 9.17) is 0 Å². The van der Waals surface area contributed by atoms with Crippen LogP contribution < -0.4 is 5.32 Å². The van der Waals surface area contributed by atoms with Crippen molar-refractivity contribution in [1.29, 1.82) is 0 Å². The number of nitrogens with one attached hydrogen (secondary N) is 1. The van der Waals surface area contributed by atoms with Crippen LogP contribution in [0, 0.1) is 0 Å². The molecule has 0 amide bonds. The number of hydrogen-bond acceptors (Lipinski definition) is 2. The van der Waals surface area contributed by atoms with Crippen LogP contribution in [0.3, 0.4) is 0 Å². The van der Waals surface area contributed by atoms with Gasteiger partial charge in [0, 0.05) is 18.1 Å². The Kier molecular flexibility index (Phi) is 2.82. The minimum Gasteiger partial charge on any atom is -0.379 e. The quantitative estimate of drug-likeness (QED) is 0.609. The topological polar surface area (TPSA) is 29.3 Å². The van der Waals surface area contributed by atoms with E-state index in [-0.39, 0.29) is 0 Å². The van der Waals surface area contributed by atoms with Crippen LogP contribution in [0.25, 0.3) is 16.4 Å². The van der Waals surface area contributed by atoms with E-state index in [9.17, 15) is 0 Å². The Morgan fingerprint density at radius 1 is 0.905 bits per heavy atom. The monoisotopic (exact) mass is 273 g/mol. The van der Waals surface area contributed by atoms with E-state index >= 15 is 0 Å². The molecule has 2 aromatic heterocycles. The molecule has 0 aliphatic carbocycles. The molecule has 2 heterocycles. The summed E-state index contributed by atoms with van der Waals surface area (Å²) in [6.45, 7) is 0.722. The molecule has 21 heavy (non-hydrogen) atoms. The van der Waals surface area contributed by atoms with Crippen LogP contribution in [0.5, 0.6) is 0 Å². The Bertz CT molecular complexity index is 875. The molecule has 3 nitrogen and oxygen atoms in total. The zero-order chi connectivity index (χ0) is 14.1. The maximum absolute atomic E-state index is 4.59. The molecule has 0 aliphatic rings. The molecule has 0 unspecified atom stereocenters. The zero-order valence-corrected chi connectivity index (χ0v) is 11.5. The van der Waals surface area contributed by atoms with Crippen molar-refractivity contribution in [3.63, 3.8) is 0 Å². The maximum Gasteiger partial charge on any atom is 0.137 e. The van der Waals surface area contributed by atoms with Crippen molar-refractivity contribution < 1.29 is 0 Å². The van der Waals surface area contributed by atoms with E-state index in [0.717, 1.165) is 23.6 Å². The number of nitrogens with zero attached hydrogens (tertiary/aromatic N) is 2. The van der Waals surface area contributed by atoms with Crippen molar-refractivity contribution >= 4 is 22.1 Å². The van der Waals surface area contributed by atoms with Gasteiger partial charge in [-0.15, -0.1) is 0 Å². The van der Waals surface area contributed by atoms with Crippen LogP contribution in [0.2, 0.25) is 0 Å². The summed E-state index contributed by atoms with van der Waals surface area (Å²) in [5.41, 5.74) is 3.13. The van der Waals surface area contributed by atoms with Crippen molar-refractivity contribution in [2.24, 2.45) is 0 Å². The molecule has 0 bridgehead atoms. The van der Waals surface area contributed by atoms with Crippen molar-refractivity contribution in [2.45, 2.75) is 6.54 Å². The van der Waals surface area contributed by atoms with Gasteiger partial charge in [0.1, 0.15) is 5.65 Å².